The highest BCUT2D eigenvalue weighted by Gasteiger charge is 2.30. The van der Waals surface area contributed by atoms with Crippen LogP contribution in [0.1, 0.15) is 43.4 Å². The molecule has 6 nitrogen and oxygen atoms in total. The highest BCUT2D eigenvalue weighted by atomic mass is 16.5. The third kappa shape index (κ3) is 2.56. The van der Waals surface area contributed by atoms with E-state index in [1.165, 1.54) is 12.8 Å². The largest absolute Gasteiger partial charge is 0.363 e. The molecule has 21 heavy (non-hydrogen) atoms. The molecule has 4 rings (SSSR count). The van der Waals surface area contributed by atoms with Gasteiger partial charge in [0.2, 0.25) is 5.82 Å². The summed E-state index contributed by atoms with van der Waals surface area (Å²) in [6.45, 7) is 3.59. The molecule has 2 aromatic rings. The SMILES string of the molecule is C[C@@H]1CNC[C@H](c2nc(-c3cccnc3C3CC3)no2)O1. The molecule has 1 saturated carbocycles. The Balaban J connectivity index is 1.62. The van der Waals surface area contributed by atoms with E-state index >= 15 is 0 Å². The van der Waals surface area contributed by atoms with Crippen LogP contribution in [0.15, 0.2) is 22.9 Å². The zero-order valence-corrected chi connectivity index (χ0v) is 12.0. The summed E-state index contributed by atoms with van der Waals surface area (Å²) in [6, 6.07) is 3.93. The Labute approximate surface area is 122 Å². The first-order valence-corrected chi connectivity index (χ1v) is 7.46. The van der Waals surface area contributed by atoms with Gasteiger partial charge in [-0.1, -0.05) is 5.16 Å². The van der Waals surface area contributed by atoms with Crippen LogP contribution >= 0.6 is 0 Å². The van der Waals surface area contributed by atoms with Crippen LogP contribution in [0.3, 0.4) is 0 Å². The Morgan fingerprint density at radius 2 is 2.19 bits per heavy atom. The Hall–Kier alpha value is -1.79. The predicted molar refractivity (Wildman–Crippen MR) is 75.7 cm³/mol. The Bertz CT molecular complexity index is 638. The highest BCUT2D eigenvalue weighted by molar-refractivity contribution is 5.59. The summed E-state index contributed by atoms with van der Waals surface area (Å²) in [5.74, 6) is 1.70. The third-order valence-electron chi connectivity index (χ3n) is 3.92. The van der Waals surface area contributed by atoms with Gasteiger partial charge in [0.15, 0.2) is 0 Å². The van der Waals surface area contributed by atoms with E-state index in [2.05, 4.69) is 20.4 Å². The number of hydrogen-bond donors (Lipinski definition) is 1. The number of aromatic nitrogens is 3. The van der Waals surface area contributed by atoms with Crippen LogP contribution in [0, 0.1) is 0 Å². The van der Waals surface area contributed by atoms with Crippen molar-refractivity contribution in [2.75, 3.05) is 13.1 Å². The highest BCUT2D eigenvalue weighted by Crippen LogP contribution is 2.42. The zero-order chi connectivity index (χ0) is 14.2. The van der Waals surface area contributed by atoms with Crippen molar-refractivity contribution < 1.29 is 9.26 Å². The van der Waals surface area contributed by atoms with Crippen molar-refractivity contribution in [2.45, 2.75) is 37.9 Å². The summed E-state index contributed by atoms with van der Waals surface area (Å²) in [5.41, 5.74) is 2.06. The van der Waals surface area contributed by atoms with E-state index < -0.39 is 0 Å². The monoisotopic (exact) mass is 286 g/mol. The summed E-state index contributed by atoms with van der Waals surface area (Å²) in [7, 11) is 0. The summed E-state index contributed by atoms with van der Waals surface area (Å²) in [6.07, 6.45) is 4.20. The first-order valence-electron chi connectivity index (χ1n) is 7.46. The standard InChI is InChI=1S/C15H18N4O2/c1-9-7-16-8-12(20-9)15-18-14(19-21-15)11-3-2-6-17-13(11)10-4-5-10/h2-3,6,9-10,12,16H,4-5,7-8H2,1H3/t9-,12-/m1/s1. The molecule has 0 amide bonds. The first-order chi connectivity index (χ1) is 10.3. The molecule has 1 N–H and O–H groups in total. The minimum atomic E-state index is -0.170. The van der Waals surface area contributed by atoms with Crippen molar-refractivity contribution in [2.24, 2.45) is 0 Å². The zero-order valence-electron chi connectivity index (χ0n) is 12.0. The quantitative estimate of drug-likeness (QED) is 0.931. The van der Waals surface area contributed by atoms with Crippen LogP contribution in [-0.2, 0) is 4.74 Å². The fourth-order valence-corrected chi connectivity index (χ4v) is 2.70. The molecule has 0 bridgehead atoms. The number of rotatable bonds is 3. The first kappa shape index (κ1) is 12.9. The molecule has 1 aliphatic carbocycles. The smallest absolute Gasteiger partial charge is 0.257 e. The third-order valence-corrected chi connectivity index (χ3v) is 3.92. The second-order valence-corrected chi connectivity index (χ2v) is 5.76. The number of nitrogens with one attached hydrogen (secondary N) is 1. The van der Waals surface area contributed by atoms with Gasteiger partial charge in [-0.05, 0) is 31.9 Å². The van der Waals surface area contributed by atoms with Gasteiger partial charge in [0, 0.05) is 30.8 Å². The van der Waals surface area contributed by atoms with E-state index in [9.17, 15) is 0 Å². The molecule has 3 heterocycles. The van der Waals surface area contributed by atoms with Crippen LogP contribution in [-0.4, -0.2) is 34.3 Å². The van der Waals surface area contributed by atoms with Gasteiger partial charge in [-0.15, -0.1) is 0 Å². The van der Waals surface area contributed by atoms with Gasteiger partial charge >= 0.3 is 0 Å². The second kappa shape index (κ2) is 5.20. The van der Waals surface area contributed by atoms with Crippen molar-refractivity contribution in [3.8, 4) is 11.4 Å². The lowest BCUT2D eigenvalue weighted by molar-refractivity contribution is -0.0438. The fourth-order valence-electron chi connectivity index (χ4n) is 2.70. The lowest BCUT2D eigenvalue weighted by Gasteiger charge is -2.25. The molecule has 2 fully saturated rings. The van der Waals surface area contributed by atoms with Gasteiger partial charge in [0.1, 0.15) is 6.10 Å². The maximum absolute atomic E-state index is 5.84. The fraction of sp³-hybridized carbons (Fsp3) is 0.533. The average molecular weight is 286 g/mol. The van der Waals surface area contributed by atoms with Crippen LogP contribution in [0.2, 0.25) is 0 Å². The normalized spacial score (nSPS) is 26.0. The van der Waals surface area contributed by atoms with Gasteiger partial charge in [0.25, 0.3) is 5.89 Å². The molecule has 2 aromatic heterocycles. The van der Waals surface area contributed by atoms with E-state index in [1.54, 1.807) is 0 Å². The topological polar surface area (TPSA) is 73.1 Å². The van der Waals surface area contributed by atoms with Crippen LogP contribution in [0.25, 0.3) is 11.4 Å². The number of morpholine rings is 1. The summed E-state index contributed by atoms with van der Waals surface area (Å²) < 4.78 is 11.2. The molecular weight excluding hydrogens is 268 g/mol. The van der Waals surface area contributed by atoms with Gasteiger partial charge < -0.3 is 14.6 Å². The lowest BCUT2D eigenvalue weighted by atomic mass is 10.1. The van der Waals surface area contributed by atoms with Gasteiger partial charge in [0.05, 0.1) is 11.8 Å². The Morgan fingerprint density at radius 1 is 1.29 bits per heavy atom. The number of nitrogens with zero attached hydrogens (tertiary/aromatic N) is 3. The van der Waals surface area contributed by atoms with Crippen LogP contribution in [0.5, 0.6) is 0 Å². The molecule has 2 aliphatic rings. The molecule has 0 radical (unpaired) electrons. The molecule has 1 aliphatic heterocycles. The number of ether oxygens (including phenoxy) is 1. The van der Waals surface area contributed by atoms with Gasteiger partial charge in [-0.25, -0.2) is 0 Å². The minimum absolute atomic E-state index is 0.152. The van der Waals surface area contributed by atoms with E-state index in [0.717, 1.165) is 17.8 Å². The van der Waals surface area contributed by atoms with Gasteiger partial charge in [-0.3, -0.25) is 4.98 Å². The van der Waals surface area contributed by atoms with Crippen molar-refractivity contribution >= 4 is 0 Å². The molecule has 6 heteroatoms. The molecule has 0 spiro atoms. The van der Waals surface area contributed by atoms with E-state index in [-0.39, 0.29) is 12.2 Å². The molecule has 2 atom stereocenters. The number of hydrogen-bond acceptors (Lipinski definition) is 6. The van der Waals surface area contributed by atoms with Crippen LogP contribution in [0.4, 0.5) is 0 Å². The molecule has 0 aromatic carbocycles. The van der Waals surface area contributed by atoms with Crippen LogP contribution < -0.4 is 5.32 Å². The summed E-state index contributed by atoms with van der Waals surface area (Å²) in [5, 5.41) is 7.43. The van der Waals surface area contributed by atoms with Crippen molar-refractivity contribution in [3.05, 3.63) is 29.9 Å². The predicted octanol–water partition coefficient (Wildman–Crippen LogP) is 2.06. The minimum Gasteiger partial charge on any atom is -0.363 e. The van der Waals surface area contributed by atoms with E-state index in [0.29, 0.717) is 24.2 Å². The Morgan fingerprint density at radius 3 is 3.00 bits per heavy atom. The molecule has 110 valence electrons. The average Bonchev–Trinajstić information content (AvgIpc) is 3.24. The summed E-state index contributed by atoms with van der Waals surface area (Å²) in [4.78, 5) is 9.01. The molecule has 0 unspecified atom stereocenters. The number of pyridine rings is 1. The molecule has 1 saturated heterocycles. The van der Waals surface area contributed by atoms with E-state index in [4.69, 9.17) is 9.26 Å². The molecular formula is C15H18N4O2. The van der Waals surface area contributed by atoms with Crippen molar-refractivity contribution in [3.63, 3.8) is 0 Å². The maximum Gasteiger partial charge on any atom is 0.257 e. The van der Waals surface area contributed by atoms with E-state index in [1.807, 2.05) is 25.3 Å². The lowest BCUT2D eigenvalue weighted by Crippen LogP contribution is -2.39. The maximum atomic E-state index is 5.84. The van der Waals surface area contributed by atoms with Gasteiger partial charge in [-0.2, -0.15) is 4.98 Å². The summed E-state index contributed by atoms with van der Waals surface area (Å²) >= 11 is 0. The van der Waals surface area contributed by atoms with Crippen molar-refractivity contribution in [1.82, 2.24) is 20.4 Å². The second-order valence-electron chi connectivity index (χ2n) is 5.76. The van der Waals surface area contributed by atoms with Crippen molar-refractivity contribution in [1.29, 1.82) is 0 Å². The Kier molecular flexibility index (Phi) is 3.20.